The van der Waals surface area contributed by atoms with E-state index in [4.69, 9.17) is 0 Å². The molecule has 0 atom stereocenters. The summed E-state index contributed by atoms with van der Waals surface area (Å²) in [7, 11) is 0. The number of carbonyl (C=O) groups excluding carboxylic acids is 2. The Morgan fingerprint density at radius 2 is 1.89 bits per heavy atom. The fraction of sp³-hybridized carbons (Fsp3) is 0.467. The number of anilines is 1. The van der Waals surface area contributed by atoms with Crippen molar-refractivity contribution in [2.24, 2.45) is 0 Å². The molecule has 0 aliphatic rings. The molecule has 0 heterocycles. The molecule has 0 saturated carbocycles. The Balaban J connectivity index is 2.41. The van der Waals surface area contributed by atoms with Gasteiger partial charge in [0, 0.05) is 12.1 Å². The number of carbonyl (C=O) groups is 2. The first-order chi connectivity index (χ1) is 9.02. The van der Waals surface area contributed by atoms with Crippen molar-refractivity contribution in [3.63, 3.8) is 0 Å². The van der Waals surface area contributed by atoms with Crippen molar-refractivity contribution in [2.45, 2.75) is 40.0 Å². The largest absolute Gasteiger partial charge is 0.347 e. The lowest BCUT2D eigenvalue weighted by Gasteiger charge is -2.09. The number of hydrogen-bond acceptors (Lipinski definition) is 2. The first-order valence-corrected chi connectivity index (χ1v) is 6.66. The van der Waals surface area contributed by atoms with Gasteiger partial charge < -0.3 is 10.6 Å². The minimum atomic E-state index is -0.197. The predicted molar refractivity (Wildman–Crippen MR) is 77.1 cm³/mol. The van der Waals surface area contributed by atoms with Gasteiger partial charge in [0.15, 0.2) is 0 Å². The average molecular weight is 262 g/mol. The Hall–Kier alpha value is -1.84. The van der Waals surface area contributed by atoms with E-state index in [9.17, 15) is 9.59 Å². The van der Waals surface area contributed by atoms with E-state index in [0.717, 1.165) is 29.7 Å². The fourth-order valence-electron chi connectivity index (χ4n) is 1.75. The van der Waals surface area contributed by atoms with Crippen molar-refractivity contribution in [3.8, 4) is 0 Å². The van der Waals surface area contributed by atoms with E-state index in [2.05, 4.69) is 10.6 Å². The number of nitrogens with one attached hydrogen (secondary N) is 2. The minimum Gasteiger partial charge on any atom is -0.347 e. The quantitative estimate of drug-likeness (QED) is 0.827. The molecule has 2 N–H and O–H groups in total. The summed E-state index contributed by atoms with van der Waals surface area (Å²) in [6.07, 6.45) is 2.31. The van der Waals surface area contributed by atoms with E-state index < -0.39 is 0 Å². The summed E-state index contributed by atoms with van der Waals surface area (Å²) in [5, 5.41) is 5.41. The lowest BCUT2D eigenvalue weighted by atomic mass is 10.1. The van der Waals surface area contributed by atoms with Crippen molar-refractivity contribution in [1.82, 2.24) is 5.32 Å². The van der Waals surface area contributed by atoms with Crippen LogP contribution in [0.15, 0.2) is 18.2 Å². The summed E-state index contributed by atoms with van der Waals surface area (Å²) in [5.41, 5.74) is 2.97. The number of rotatable bonds is 6. The zero-order chi connectivity index (χ0) is 14.3. The molecule has 0 unspecified atom stereocenters. The lowest BCUT2D eigenvalue weighted by Crippen LogP contribution is -2.32. The highest BCUT2D eigenvalue weighted by Crippen LogP contribution is 2.15. The second kappa shape index (κ2) is 7.56. The van der Waals surface area contributed by atoms with Crippen molar-refractivity contribution in [3.05, 3.63) is 29.3 Å². The van der Waals surface area contributed by atoms with Crippen LogP contribution in [-0.4, -0.2) is 18.4 Å². The molecule has 0 bridgehead atoms. The SMILES string of the molecule is CCCCC(=O)NCC(=O)Nc1ccc(C)cc1C. The van der Waals surface area contributed by atoms with E-state index in [-0.39, 0.29) is 18.4 Å². The van der Waals surface area contributed by atoms with Gasteiger partial charge in [-0.3, -0.25) is 9.59 Å². The van der Waals surface area contributed by atoms with Gasteiger partial charge in [-0.1, -0.05) is 31.0 Å². The number of amides is 2. The van der Waals surface area contributed by atoms with Gasteiger partial charge in [0.25, 0.3) is 0 Å². The summed E-state index contributed by atoms with van der Waals surface area (Å²) >= 11 is 0. The molecule has 0 saturated heterocycles. The molecule has 4 heteroatoms. The standard InChI is InChI=1S/C15H22N2O2/c1-4-5-6-14(18)16-10-15(19)17-13-8-7-11(2)9-12(13)3/h7-9H,4-6,10H2,1-3H3,(H,16,18)(H,17,19). The topological polar surface area (TPSA) is 58.2 Å². The maximum absolute atomic E-state index is 11.7. The van der Waals surface area contributed by atoms with Crippen LogP contribution in [0.2, 0.25) is 0 Å². The van der Waals surface area contributed by atoms with E-state index in [0.29, 0.717) is 6.42 Å². The molecule has 1 aromatic rings. The molecule has 104 valence electrons. The molecule has 0 aliphatic carbocycles. The van der Waals surface area contributed by atoms with Crippen LogP contribution in [0, 0.1) is 13.8 Å². The van der Waals surface area contributed by atoms with E-state index in [1.165, 1.54) is 0 Å². The highest BCUT2D eigenvalue weighted by molar-refractivity contribution is 5.95. The van der Waals surface area contributed by atoms with Crippen molar-refractivity contribution >= 4 is 17.5 Å². The Bertz CT molecular complexity index is 455. The molecule has 4 nitrogen and oxygen atoms in total. The highest BCUT2D eigenvalue weighted by atomic mass is 16.2. The van der Waals surface area contributed by atoms with Crippen molar-refractivity contribution in [1.29, 1.82) is 0 Å². The summed E-state index contributed by atoms with van der Waals surface area (Å²) < 4.78 is 0. The third-order valence-corrected chi connectivity index (χ3v) is 2.86. The zero-order valence-corrected chi connectivity index (χ0v) is 11.9. The first kappa shape index (κ1) is 15.2. The van der Waals surface area contributed by atoms with E-state index in [1.54, 1.807) is 0 Å². The summed E-state index contributed by atoms with van der Waals surface area (Å²) in [4.78, 5) is 23.1. The first-order valence-electron chi connectivity index (χ1n) is 6.66. The molecular weight excluding hydrogens is 240 g/mol. The smallest absolute Gasteiger partial charge is 0.243 e. The monoisotopic (exact) mass is 262 g/mol. The third kappa shape index (κ3) is 5.55. The normalized spacial score (nSPS) is 10.1. The molecule has 0 fully saturated rings. The van der Waals surface area contributed by atoms with Crippen molar-refractivity contribution < 1.29 is 9.59 Å². The van der Waals surface area contributed by atoms with Crippen LogP contribution in [0.5, 0.6) is 0 Å². The minimum absolute atomic E-state index is 0.0237. The predicted octanol–water partition coefficient (Wildman–Crippen LogP) is 2.55. The molecule has 0 aliphatic heterocycles. The van der Waals surface area contributed by atoms with Crippen LogP contribution in [0.25, 0.3) is 0 Å². The Morgan fingerprint density at radius 1 is 1.16 bits per heavy atom. The number of hydrogen-bond donors (Lipinski definition) is 2. The molecule has 0 aromatic heterocycles. The Kier molecular flexibility index (Phi) is 6.06. The van der Waals surface area contributed by atoms with Gasteiger partial charge in [0.1, 0.15) is 0 Å². The van der Waals surface area contributed by atoms with Crippen LogP contribution in [0.4, 0.5) is 5.69 Å². The second-order valence-corrected chi connectivity index (χ2v) is 4.75. The maximum atomic E-state index is 11.7. The number of aryl methyl sites for hydroxylation is 2. The van der Waals surface area contributed by atoms with Crippen molar-refractivity contribution in [2.75, 3.05) is 11.9 Å². The average Bonchev–Trinajstić information content (AvgIpc) is 2.37. The Morgan fingerprint density at radius 3 is 2.53 bits per heavy atom. The molecular formula is C15H22N2O2. The number of benzene rings is 1. The van der Waals surface area contributed by atoms with Gasteiger partial charge in [-0.15, -0.1) is 0 Å². The second-order valence-electron chi connectivity index (χ2n) is 4.75. The fourth-order valence-corrected chi connectivity index (χ4v) is 1.75. The van der Waals surface area contributed by atoms with Crippen LogP contribution < -0.4 is 10.6 Å². The third-order valence-electron chi connectivity index (χ3n) is 2.86. The van der Waals surface area contributed by atoms with E-state index in [1.807, 2.05) is 39.0 Å². The Labute approximate surface area is 114 Å². The number of unbranched alkanes of at least 4 members (excludes halogenated alkanes) is 1. The maximum Gasteiger partial charge on any atom is 0.243 e. The lowest BCUT2D eigenvalue weighted by molar-refractivity contribution is -0.124. The van der Waals surface area contributed by atoms with Gasteiger partial charge in [0.05, 0.1) is 6.54 Å². The molecule has 1 aromatic carbocycles. The van der Waals surface area contributed by atoms with Gasteiger partial charge in [0.2, 0.25) is 11.8 Å². The van der Waals surface area contributed by atoms with Crippen LogP contribution in [-0.2, 0) is 9.59 Å². The molecule has 0 radical (unpaired) electrons. The molecule has 0 spiro atoms. The van der Waals surface area contributed by atoms with Gasteiger partial charge in [-0.05, 0) is 31.9 Å². The highest BCUT2D eigenvalue weighted by Gasteiger charge is 2.07. The van der Waals surface area contributed by atoms with Crippen LogP contribution in [0.3, 0.4) is 0 Å². The molecule has 1 rings (SSSR count). The van der Waals surface area contributed by atoms with Crippen LogP contribution in [0.1, 0.15) is 37.3 Å². The summed E-state index contributed by atoms with van der Waals surface area (Å²) in [6.45, 7) is 6.00. The zero-order valence-electron chi connectivity index (χ0n) is 11.9. The summed E-state index contributed by atoms with van der Waals surface area (Å²) in [6, 6.07) is 5.83. The van der Waals surface area contributed by atoms with Gasteiger partial charge in [-0.2, -0.15) is 0 Å². The molecule has 19 heavy (non-hydrogen) atoms. The summed E-state index contributed by atoms with van der Waals surface area (Å²) in [5.74, 6) is -0.269. The molecule has 2 amide bonds. The van der Waals surface area contributed by atoms with Gasteiger partial charge >= 0.3 is 0 Å². The van der Waals surface area contributed by atoms with Gasteiger partial charge in [-0.25, -0.2) is 0 Å². The van der Waals surface area contributed by atoms with E-state index >= 15 is 0 Å². The van der Waals surface area contributed by atoms with Crippen LogP contribution >= 0.6 is 0 Å².